The van der Waals surface area contributed by atoms with Gasteiger partial charge in [-0.15, -0.1) is 0 Å². The van der Waals surface area contributed by atoms with E-state index in [1.54, 1.807) is 19.0 Å². The van der Waals surface area contributed by atoms with Crippen LogP contribution >= 0.6 is 0 Å². The van der Waals surface area contributed by atoms with Crippen molar-refractivity contribution in [2.24, 2.45) is 0 Å². The molecule has 0 saturated carbocycles. The number of piperazine rings is 1. The third kappa shape index (κ3) is 3.92. The van der Waals surface area contributed by atoms with Crippen molar-refractivity contribution in [3.8, 4) is 0 Å². The number of carbonyl (C=O) groups is 1. The first-order valence-corrected chi connectivity index (χ1v) is 6.74. The quantitative estimate of drug-likeness (QED) is 0.813. The summed E-state index contributed by atoms with van der Waals surface area (Å²) in [7, 11) is 3.61. The normalized spacial score (nSPS) is 16.4. The van der Waals surface area contributed by atoms with Gasteiger partial charge in [0.05, 0.1) is 0 Å². The molecule has 5 heteroatoms. The van der Waals surface area contributed by atoms with Gasteiger partial charge in [0.25, 0.3) is 0 Å². The molecule has 0 N–H and O–H groups in total. The van der Waals surface area contributed by atoms with Crippen LogP contribution in [0, 0.1) is 0 Å². The highest BCUT2D eigenvalue weighted by molar-refractivity contribution is 5.73. The van der Waals surface area contributed by atoms with Gasteiger partial charge in [-0.1, -0.05) is 0 Å². The standard InChI is InChI=1S/C14H22N4O/c1-16(2)14(19)18-11-9-17(10-12-18)8-5-13-3-6-15-7-4-13/h3-4,6-7H,5,8-12H2,1-2H3. The van der Waals surface area contributed by atoms with Crippen LogP contribution in [-0.2, 0) is 6.42 Å². The number of aromatic nitrogens is 1. The summed E-state index contributed by atoms with van der Waals surface area (Å²) in [6.07, 6.45) is 4.72. The molecule has 0 aliphatic carbocycles. The molecule has 0 bridgehead atoms. The van der Waals surface area contributed by atoms with Crippen LogP contribution < -0.4 is 0 Å². The Morgan fingerprint density at radius 2 is 1.84 bits per heavy atom. The molecule has 0 aromatic carbocycles. The Hall–Kier alpha value is -1.62. The number of rotatable bonds is 3. The Morgan fingerprint density at radius 3 is 2.42 bits per heavy atom. The highest BCUT2D eigenvalue weighted by Crippen LogP contribution is 2.06. The van der Waals surface area contributed by atoms with Crippen LogP contribution in [0.3, 0.4) is 0 Å². The lowest BCUT2D eigenvalue weighted by molar-refractivity contribution is 0.124. The van der Waals surface area contributed by atoms with Crippen LogP contribution in [-0.4, -0.2) is 72.5 Å². The maximum atomic E-state index is 11.8. The van der Waals surface area contributed by atoms with Gasteiger partial charge >= 0.3 is 6.03 Å². The van der Waals surface area contributed by atoms with Gasteiger partial charge in [0, 0.05) is 59.2 Å². The third-order valence-electron chi connectivity index (χ3n) is 3.49. The molecule has 1 aromatic heterocycles. The average molecular weight is 262 g/mol. The van der Waals surface area contributed by atoms with E-state index in [1.165, 1.54) is 5.56 Å². The Kier molecular flexibility index (Phi) is 4.74. The van der Waals surface area contributed by atoms with Crippen LogP contribution in [0.2, 0.25) is 0 Å². The van der Waals surface area contributed by atoms with Gasteiger partial charge in [0.2, 0.25) is 0 Å². The first kappa shape index (κ1) is 13.8. The van der Waals surface area contributed by atoms with Crippen molar-refractivity contribution >= 4 is 6.03 Å². The molecule has 0 atom stereocenters. The van der Waals surface area contributed by atoms with Crippen molar-refractivity contribution in [3.05, 3.63) is 30.1 Å². The first-order chi connectivity index (χ1) is 9.16. The minimum absolute atomic E-state index is 0.119. The van der Waals surface area contributed by atoms with Crippen molar-refractivity contribution in [1.29, 1.82) is 0 Å². The number of pyridine rings is 1. The molecule has 2 amide bonds. The van der Waals surface area contributed by atoms with Gasteiger partial charge in [-0.2, -0.15) is 0 Å². The summed E-state index contributed by atoms with van der Waals surface area (Å²) >= 11 is 0. The SMILES string of the molecule is CN(C)C(=O)N1CCN(CCc2ccncc2)CC1. The summed E-state index contributed by atoms with van der Waals surface area (Å²) in [6, 6.07) is 4.24. The molecular formula is C14H22N4O. The topological polar surface area (TPSA) is 39.7 Å². The largest absolute Gasteiger partial charge is 0.331 e. The number of nitrogens with zero attached hydrogens (tertiary/aromatic N) is 4. The second-order valence-corrected chi connectivity index (χ2v) is 5.11. The molecule has 0 radical (unpaired) electrons. The van der Waals surface area contributed by atoms with Crippen molar-refractivity contribution in [2.45, 2.75) is 6.42 Å². The molecule has 0 unspecified atom stereocenters. The van der Waals surface area contributed by atoms with E-state index in [-0.39, 0.29) is 6.03 Å². The van der Waals surface area contributed by atoms with E-state index in [1.807, 2.05) is 17.3 Å². The summed E-state index contributed by atoms with van der Waals surface area (Å²) in [6.45, 7) is 4.63. The summed E-state index contributed by atoms with van der Waals surface area (Å²) in [5.41, 5.74) is 1.32. The molecule has 1 saturated heterocycles. The van der Waals surface area contributed by atoms with Crippen LogP contribution in [0.1, 0.15) is 5.56 Å². The minimum Gasteiger partial charge on any atom is -0.331 e. The molecule has 104 valence electrons. The van der Waals surface area contributed by atoms with E-state index in [4.69, 9.17) is 0 Å². The summed E-state index contributed by atoms with van der Waals surface area (Å²) in [4.78, 5) is 21.8. The fourth-order valence-corrected chi connectivity index (χ4v) is 2.28. The predicted molar refractivity (Wildman–Crippen MR) is 75.0 cm³/mol. The molecule has 1 aromatic rings. The molecule has 2 rings (SSSR count). The van der Waals surface area contributed by atoms with E-state index in [9.17, 15) is 4.79 Å². The van der Waals surface area contributed by atoms with Gasteiger partial charge in [-0.3, -0.25) is 9.88 Å². The number of hydrogen-bond acceptors (Lipinski definition) is 3. The fraction of sp³-hybridized carbons (Fsp3) is 0.571. The number of carbonyl (C=O) groups excluding carboxylic acids is 1. The zero-order valence-electron chi connectivity index (χ0n) is 11.7. The fourth-order valence-electron chi connectivity index (χ4n) is 2.28. The molecule has 1 aliphatic rings. The number of urea groups is 1. The molecule has 0 spiro atoms. The van der Waals surface area contributed by atoms with E-state index >= 15 is 0 Å². The Morgan fingerprint density at radius 1 is 1.21 bits per heavy atom. The van der Waals surface area contributed by atoms with Crippen LogP contribution in [0.15, 0.2) is 24.5 Å². The second-order valence-electron chi connectivity index (χ2n) is 5.11. The van der Waals surface area contributed by atoms with Gasteiger partial charge in [-0.05, 0) is 24.1 Å². The van der Waals surface area contributed by atoms with E-state index in [0.29, 0.717) is 0 Å². The van der Waals surface area contributed by atoms with Crippen LogP contribution in [0.5, 0.6) is 0 Å². The minimum atomic E-state index is 0.119. The lowest BCUT2D eigenvalue weighted by atomic mass is 10.2. The highest BCUT2D eigenvalue weighted by atomic mass is 16.2. The summed E-state index contributed by atoms with van der Waals surface area (Å²) < 4.78 is 0. The van der Waals surface area contributed by atoms with Gasteiger partial charge in [-0.25, -0.2) is 4.79 Å². The van der Waals surface area contributed by atoms with Crippen molar-refractivity contribution in [3.63, 3.8) is 0 Å². The van der Waals surface area contributed by atoms with Gasteiger partial charge in [0.1, 0.15) is 0 Å². The molecule has 1 aliphatic heterocycles. The van der Waals surface area contributed by atoms with Crippen LogP contribution in [0.25, 0.3) is 0 Å². The number of amides is 2. The Balaban J connectivity index is 1.73. The Bertz CT molecular complexity index is 399. The summed E-state index contributed by atoms with van der Waals surface area (Å²) in [5, 5.41) is 0. The van der Waals surface area contributed by atoms with Crippen molar-refractivity contribution < 1.29 is 4.79 Å². The zero-order valence-corrected chi connectivity index (χ0v) is 11.7. The first-order valence-electron chi connectivity index (χ1n) is 6.74. The predicted octanol–water partition coefficient (Wildman–Crippen LogP) is 0.923. The molecule has 5 nitrogen and oxygen atoms in total. The third-order valence-corrected chi connectivity index (χ3v) is 3.49. The second kappa shape index (κ2) is 6.52. The van der Waals surface area contributed by atoms with Gasteiger partial charge in [0.15, 0.2) is 0 Å². The molecular weight excluding hydrogens is 240 g/mol. The van der Waals surface area contributed by atoms with Crippen molar-refractivity contribution in [2.75, 3.05) is 46.8 Å². The maximum Gasteiger partial charge on any atom is 0.319 e. The van der Waals surface area contributed by atoms with E-state index < -0.39 is 0 Å². The van der Waals surface area contributed by atoms with Gasteiger partial charge < -0.3 is 9.80 Å². The molecule has 2 heterocycles. The number of hydrogen-bond donors (Lipinski definition) is 0. The smallest absolute Gasteiger partial charge is 0.319 e. The summed E-state index contributed by atoms with van der Waals surface area (Å²) in [5.74, 6) is 0. The van der Waals surface area contributed by atoms with E-state index in [0.717, 1.165) is 39.1 Å². The van der Waals surface area contributed by atoms with Crippen LogP contribution in [0.4, 0.5) is 4.79 Å². The lowest BCUT2D eigenvalue weighted by Gasteiger charge is -2.35. The highest BCUT2D eigenvalue weighted by Gasteiger charge is 2.21. The van der Waals surface area contributed by atoms with E-state index in [2.05, 4.69) is 22.0 Å². The zero-order chi connectivity index (χ0) is 13.7. The average Bonchev–Trinajstić information content (AvgIpc) is 2.46. The molecule has 1 fully saturated rings. The maximum absolute atomic E-state index is 11.8. The Labute approximate surface area is 114 Å². The monoisotopic (exact) mass is 262 g/mol. The van der Waals surface area contributed by atoms with Crippen molar-refractivity contribution in [1.82, 2.24) is 19.7 Å². The lowest BCUT2D eigenvalue weighted by Crippen LogP contribution is -2.51. The molecule has 19 heavy (non-hydrogen) atoms.